The topological polar surface area (TPSA) is 103 Å². The lowest BCUT2D eigenvalue weighted by atomic mass is 10.2. The van der Waals surface area contributed by atoms with E-state index in [1.165, 1.54) is 12.1 Å². The molecule has 8 heteroatoms. The molecular weight excluding hydrogens is 324 g/mol. The quantitative estimate of drug-likeness (QED) is 0.627. The molecule has 0 atom stereocenters. The fourth-order valence-corrected chi connectivity index (χ4v) is 3.26. The average Bonchev–Trinajstić information content (AvgIpc) is 2.28. The Morgan fingerprint density at radius 3 is 2.61 bits per heavy atom. The second kappa shape index (κ2) is 6.26. The highest BCUT2D eigenvalue weighted by Crippen LogP contribution is 2.25. The summed E-state index contributed by atoms with van der Waals surface area (Å²) < 4.78 is 24.0. The monoisotopic (exact) mass is 336 g/mol. The van der Waals surface area contributed by atoms with Gasteiger partial charge in [-0.25, -0.2) is 8.42 Å². The number of rotatable bonds is 6. The Hall–Kier alpha value is -0.990. The highest BCUT2D eigenvalue weighted by atomic mass is 79.9. The first-order chi connectivity index (χ1) is 8.35. The van der Waals surface area contributed by atoms with E-state index in [1.807, 2.05) is 0 Å². The molecule has 18 heavy (non-hydrogen) atoms. The molecular formula is C10H13BrN2O4S. The molecule has 1 aromatic carbocycles. The zero-order chi connectivity index (χ0) is 13.8. The first-order valence-corrected chi connectivity index (χ1v) is 7.80. The van der Waals surface area contributed by atoms with E-state index in [9.17, 15) is 18.5 Å². The molecule has 0 aromatic heterocycles. The number of nitro benzene ring substituents is 1. The van der Waals surface area contributed by atoms with Crippen LogP contribution in [-0.2, 0) is 15.6 Å². The Morgan fingerprint density at radius 1 is 1.39 bits per heavy atom. The van der Waals surface area contributed by atoms with Gasteiger partial charge >= 0.3 is 0 Å². The first-order valence-electron chi connectivity index (χ1n) is 5.19. The van der Waals surface area contributed by atoms with Gasteiger partial charge in [-0.1, -0.05) is 22.0 Å². The number of nitrogens with two attached hydrogens (primary N) is 1. The standard InChI is InChI=1S/C10H13BrN2O4S/c11-9-3-2-8(10(6-9)13(14)15)7-18(16,17)5-1-4-12/h2-3,6H,1,4-5,7,12H2. The Balaban J connectivity index is 3.01. The molecule has 0 amide bonds. The maximum atomic E-state index is 11.7. The highest BCUT2D eigenvalue weighted by Gasteiger charge is 2.20. The molecule has 0 bridgehead atoms. The lowest BCUT2D eigenvalue weighted by Crippen LogP contribution is -2.14. The van der Waals surface area contributed by atoms with Crippen molar-refractivity contribution in [3.05, 3.63) is 38.3 Å². The van der Waals surface area contributed by atoms with Crippen LogP contribution in [0.4, 0.5) is 5.69 Å². The summed E-state index contributed by atoms with van der Waals surface area (Å²) in [7, 11) is -3.37. The van der Waals surface area contributed by atoms with Gasteiger partial charge in [0, 0.05) is 16.1 Å². The predicted octanol–water partition coefficient (Wildman–Crippen LogP) is 1.62. The van der Waals surface area contributed by atoms with Crippen LogP contribution in [0, 0.1) is 10.1 Å². The minimum absolute atomic E-state index is 0.0588. The molecule has 1 aromatic rings. The third-order valence-corrected chi connectivity index (χ3v) is 4.43. The first kappa shape index (κ1) is 15.1. The number of nitro groups is 1. The van der Waals surface area contributed by atoms with Crippen LogP contribution in [0.25, 0.3) is 0 Å². The average molecular weight is 337 g/mol. The molecule has 0 aliphatic rings. The molecule has 0 aliphatic heterocycles. The van der Waals surface area contributed by atoms with Gasteiger partial charge in [0.15, 0.2) is 9.84 Å². The third kappa shape index (κ3) is 4.35. The van der Waals surface area contributed by atoms with Crippen molar-refractivity contribution in [3.63, 3.8) is 0 Å². The zero-order valence-electron chi connectivity index (χ0n) is 9.50. The smallest absolute Gasteiger partial charge is 0.274 e. The second-order valence-electron chi connectivity index (χ2n) is 3.76. The van der Waals surface area contributed by atoms with Crippen molar-refractivity contribution in [1.29, 1.82) is 0 Å². The van der Waals surface area contributed by atoms with Gasteiger partial charge in [0.05, 0.1) is 16.4 Å². The summed E-state index contributed by atoms with van der Waals surface area (Å²) in [6, 6.07) is 4.33. The minimum atomic E-state index is -3.37. The molecule has 1 rings (SSSR count). The molecule has 0 aliphatic carbocycles. The van der Waals surface area contributed by atoms with Crippen LogP contribution in [0.1, 0.15) is 12.0 Å². The van der Waals surface area contributed by atoms with Crippen LogP contribution in [0.15, 0.2) is 22.7 Å². The van der Waals surface area contributed by atoms with Crippen molar-refractivity contribution in [3.8, 4) is 0 Å². The van der Waals surface area contributed by atoms with Gasteiger partial charge in [-0.15, -0.1) is 0 Å². The van der Waals surface area contributed by atoms with Crippen molar-refractivity contribution in [2.45, 2.75) is 12.2 Å². The number of halogens is 1. The Labute approximate surface area is 113 Å². The Kier molecular flexibility index (Phi) is 5.24. The fraction of sp³-hybridized carbons (Fsp3) is 0.400. The van der Waals surface area contributed by atoms with Gasteiger partial charge in [0.1, 0.15) is 0 Å². The van der Waals surface area contributed by atoms with E-state index in [2.05, 4.69) is 15.9 Å². The van der Waals surface area contributed by atoms with Crippen LogP contribution in [0.2, 0.25) is 0 Å². The summed E-state index contributed by atoms with van der Waals surface area (Å²) in [5.41, 5.74) is 5.25. The zero-order valence-corrected chi connectivity index (χ0v) is 11.9. The summed E-state index contributed by atoms with van der Waals surface area (Å²) in [5, 5.41) is 10.8. The van der Waals surface area contributed by atoms with E-state index in [0.29, 0.717) is 10.9 Å². The SMILES string of the molecule is NCCCS(=O)(=O)Cc1ccc(Br)cc1[N+](=O)[O-]. The van der Waals surface area contributed by atoms with Crippen LogP contribution in [0.3, 0.4) is 0 Å². The van der Waals surface area contributed by atoms with Gasteiger partial charge < -0.3 is 5.73 Å². The van der Waals surface area contributed by atoms with Crippen LogP contribution < -0.4 is 5.73 Å². The molecule has 6 nitrogen and oxygen atoms in total. The summed E-state index contributed by atoms with van der Waals surface area (Å²) in [5.74, 6) is -0.396. The molecule has 0 unspecified atom stereocenters. The maximum Gasteiger partial charge on any atom is 0.274 e. The number of benzene rings is 1. The van der Waals surface area contributed by atoms with Gasteiger partial charge in [-0.05, 0) is 19.0 Å². The Bertz CT molecular complexity index is 545. The van der Waals surface area contributed by atoms with E-state index in [-0.39, 0.29) is 29.3 Å². The Morgan fingerprint density at radius 2 is 2.06 bits per heavy atom. The molecule has 0 fully saturated rings. The summed E-state index contributed by atoms with van der Waals surface area (Å²) >= 11 is 3.12. The molecule has 2 N–H and O–H groups in total. The van der Waals surface area contributed by atoms with Gasteiger partial charge in [0.25, 0.3) is 5.69 Å². The normalized spacial score (nSPS) is 11.4. The summed E-state index contributed by atoms with van der Waals surface area (Å²) in [4.78, 5) is 10.3. The highest BCUT2D eigenvalue weighted by molar-refractivity contribution is 9.10. The van der Waals surface area contributed by atoms with Gasteiger partial charge in [-0.2, -0.15) is 0 Å². The van der Waals surface area contributed by atoms with Crippen molar-refractivity contribution >= 4 is 31.5 Å². The van der Waals surface area contributed by atoms with E-state index >= 15 is 0 Å². The number of sulfone groups is 1. The molecule has 0 heterocycles. The van der Waals surface area contributed by atoms with Crippen molar-refractivity contribution < 1.29 is 13.3 Å². The second-order valence-corrected chi connectivity index (χ2v) is 6.86. The maximum absolute atomic E-state index is 11.7. The largest absolute Gasteiger partial charge is 0.330 e. The van der Waals surface area contributed by atoms with Crippen molar-refractivity contribution in [2.24, 2.45) is 5.73 Å². The minimum Gasteiger partial charge on any atom is -0.330 e. The summed E-state index contributed by atoms with van der Waals surface area (Å²) in [6.45, 7) is 0.279. The van der Waals surface area contributed by atoms with Crippen LogP contribution >= 0.6 is 15.9 Å². The van der Waals surface area contributed by atoms with E-state index in [4.69, 9.17) is 5.73 Å². The molecule has 0 spiro atoms. The van der Waals surface area contributed by atoms with E-state index in [0.717, 1.165) is 0 Å². The summed E-state index contributed by atoms with van der Waals surface area (Å²) in [6.07, 6.45) is 0.354. The van der Waals surface area contributed by atoms with E-state index < -0.39 is 14.8 Å². The molecule has 100 valence electrons. The molecule has 0 radical (unpaired) electrons. The number of hydrogen-bond donors (Lipinski definition) is 1. The third-order valence-electron chi connectivity index (χ3n) is 2.28. The van der Waals surface area contributed by atoms with Crippen LogP contribution in [-0.4, -0.2) is 25.6 Å². The lowest BCUT2D eigenvalue weighted by Gasteiger charge is -2.05. The number of nitrogens with zero attached hydrogens (tertiary/aromatic N) is 1. The molecule has 0 saturated carbocycles. The van der Waals surface area contributed by atoms with Crippen LogP contribution in [0.5, 0.6) is 0 Å². The lowest BCUT2D eigenvalue weighted by molar-refractivity contribution is -0.385. The fourth-order valence-electron chi connectivity index (χ4n) is 1.44. The predicted molar refractivity (Wildman–Crippen MR) is 72.0 cm³/mol. The van der Waals surface area contributed by atoms with Crippen molar-refractivity contribution in [1.82, 2.24) is 0 Å². The van der Waals surface area contributed by atoms with Gasteiger partial charge in [-0.3, -0.25) is 10.1 Å². The van der Waals surface area contributed by atoms with Gasteiger partial charge in [0.2, 0.25) is 0 Å². The van der Waals surface area contributed by atoms with E-state index in [1.54, 1.807) is 6.07 Å². The number of hydrogen-bond acceptors (Lipinski definition) is 5. The van der Waals surface area contributed by atoms with Crippen molar-refractivity contribution in [2.75, 3.05) is 12.3 Å². The molecule has 0 saturated heterocycles.